The second-order valence-electron chi connectivity index (χ2n) is 15.0. The summed E-state index contributed by atoms with van der Waals surface area (Å²) in [5.41, 5.74) is 10.3. The van der Waals surface area contributed by atoms with Gasteiger partial charge in [0, 0.05) is 48.4 Å². The number of rotatable bonds is 6. The van der Waals surface area contributed by atoms with Gasteiger partial charge < -0.3 is 31.2 Å². The van der Waals surface area contributed by atoms with E-state index in [1.807, 2.05) is 0 Å². The smallest absolute Gasteiger partial charge is 0.414 e. The Balaban J connectivity index is 0.000000307. The predicted octanol–water partition coefficient (Wildman–Crippen LogP) is 5.74. The normalized spacial score (nSPS) is 13.0. The fourth-order valence-electron chi connectivity index (χ4n) is 6.34. The van der Waals surface area contributed by atoms with Crippen molar-refractivity contribution in [3.63, 3.8) is 0 Å². The number of nitrogens with zero attached hydrogens (tertiary/aromatic N) is 2. The van der Waals surface area contributed by atoms with Crippen molar-refractivity contribution in [3.8, 4) is 11.5 Å². The summed E-state index contributed by atoms with van der Waals surface area (Å²) in [6.07, 6.45) is -1.66. The first-order valence-electron chi connectivity index (χ1n) is 17.8. The van der Waals surface area contributed by atoms with Crippen LogP contribution >= 0.6 is 0 Å². The molecule has 0 atom stereocenters. The summed E-state index contributed by atoms with van der Waals surface area (Å²) >= 11 is 0. The SMILES string of the molecule is CC(C)(C)OC(=O)N(CCN)c1ccc(N(CCN)C(=O)OC(C)(C)C)c2c1C(=O)c1c(O)ccc(O)c1C2=O.O=C1c2ccccc2C(=O)c2ccccc21. The van der Waals surface area contributed by atoms with E-state index in [1.54, 1.807) is 90.1 Å². The summed E-state index contributed by atoms with van der Waals surface area (Å²) < 4.78 is 11.1. The second kappa shape index (κ2) is 15.8. The zero-order valence-electron chi connectivity index (χ0n) is 32.0. The van der Waals surface area contributed by atoms with Crippen LogP contribution < -0.4 is 21.3 Å². The summed E-state index contributed by atoms with van der Waals surface area (Å²) in [5, 5.41) is 21.1. The van der Waals surface area contributed by atoms with E-state index < -0.39 is 57.6 Å². The molecule has 6 rings (SSSR count). The molecule has 0 radical (unpaired) electrons. The lowest BCUT2D eigenvalue weighted by molar-refractivity contribution is 0.0568. The summed E-state index contributed by atoms with van der Waals surface area (Å²) in [7, 11) is 0. The number of ketones is 4. The molecule has 0 bridgehead atoms. The number of ether oxygens (including phenoxy) is 2. The molecule has 56 heavy (non-hydrogen) atoms. The maximum absolute atomic E-state index is 14.0. The molecule has 0 aliphatic heterocycles. The Morgan fingerprint density at radius 2 is 0.821 bits per heavy atom. The first kappa shape index (κ1) is 40.8. The van der Waals surface area contributed by atoms with Crippen LogP contribution in [0.15, 0.2) is 72.8 Å². The Morgan fingerprint density at radius 3 is 1.09 bits per heavy atom. The van der Waals surface area contributed by atoms with E-state index in [4.69, 9.17) is 20.9 Å². The van der Waals surface area contributed by atoms with E-state index in [0.29, 0.717) is 22.3 Å². The van der Waals surface area contributed by atoms with E-state index in [-0.39, 0.29) is 60.2 Å². The number of anilines is 2. The summed E-state index contributed by atoms with van der Waals surface area (Å²) in [6, 6.07) is 18.8. The molecular formula is C42H44N4O10. The van der Waals surface area contributed by atoms with Crippen LogP contribution in [0.3, 0.4) is 0 Å². The Bertz CT molecular complexity index is 2060. The molecule has 0 saturated carbocycles. The van der Waals surface area contributed by atoms with Gasteiger partial charge in [0.1, 0.15) is 22.7 Å². The number of nitrogens with two attached hydrogens (primary N) is 2. The van der Waals surface area contributed by atoms with Crippen molar-refractivity contribution in [2.75, 3.05) is 36.0 Å². The van der Waals surface area contributed by atoms with Crippen molar-refractivity contribution in [1.82, 2.24) is 0 Å². The van der Waals surface area contributed by atoms with Crippen LogP contribution in [-0.4, -0.2) is 82.9 Å². The van der Waals surface area contributed by atoms with Gasteiger partial charge in [-0.1, -0.05) is 48.5 Å². The molecule has 14 nitrogen and oxygen atoms in total. The fraction of sp³-hybridized carbons (Fsp3) is 0.286. The lowest BCUT2D eigenvalue weighted by Gasteiger charge is -2.33. The topological polar surface area (TPSA) is 220 Å². The molecule has 6 N–H and O–H groups in total. The van der Waals surface area contributed by atoms with Gasteiger partial charge in [-0.25, -0.2) is 9.59 Å². The van der Waals surface area contributed by atoms with Gasteiger partial charge in [-0.3, -0.25) is 29.0 Å². The number of carbonyl (C=O) groups is 6. The Labute approximate surface area is 323 Å². The average Bonchev–Trinajstić information content (AvgIpc) is 3.13. The Kier molecular flexibility index (Phi) is 11.5. The maximum atomic E-state index is 14.0. The highest BCUT2D eigenvalue weighted by molar-refractivity contribution is 6.34. The van der Waals surface area contributed by atoms with E-state index in [0.717, 1.165) is 21.9 Å². The van der Waals surface area contributed by atoms with Gasteiger partial charge in [0.25, 0.3) is 0 Å². The number of fused-ring (bicyclic) bond motifs is 4. The molecule has 14 heteroatoms. The van der Waals surface area contributed by atoms with Gasteiger partial charge >= 0.3 is 12.2 Å². The maximum Gasteiger partial charge on any atom is 0.414 e. The molecule has 0 unspecified atom stereocenters. The number of aromatic hydroxyl groups is 2. The highest BCUT2D eigenvalue weighted by Gasteiger charge is 2.42. The van der Waals surface area contributed by atoms with Gasteiger partial charge in [0.05, 0.1) is 33.6 Å². The third kappa shape index (κ3) is 8.02. The van der Waals surface area contributed by atoms with Crippen LogP contribution in [0.4, 0.5) is 21.0 Å². The third-order valence-corrected chi connectivity index (χ3v) is 8.58. The minimum Gasteiger partial charge on any atom is -0.507 e. The van der Waals surface area contributed by atoms with Crippen molar-refractivity contribution in [2.24, 2.45) is 11.5 Å². The highest BCUT2D eigenvalue weighted by atomic mass is 16.6. The van der Waals surface area contributed by atoms with Crippen molar-refractivity contribution < 1.29 is 48.5 Å². The molecule has 292 valence electrons. The van der Waals surface area contributed by atoms with Gasteiger partial charge in [0.15, 0.2) is 11.6 Å². The van der Waals surface area contributed by atoms with Crippen molar-refractivity contribution in [1.29, 1.82) is 0 Å². The summed E-state index contributed by atoms with van der Waals surface area (Å²) in [6.45, 7) is 9.81. The molecule has 0 heterocycles. The van der Waals surface area contributed by atoms with Crippen LogP contribution in [0.1, 0.15) is 105 Å². The van der Waals surface area contributed by atoms with Gasteiger partial charge in [-0.2, -0.15) is 0 Å². The average molecular weight is 765 g/mol. The van der Waals surface area contributed by atoms with Crippen LogP contribution in [-0.2, 0) is 9.47 Å². The summed E-state index contributed by atoms with van der Waals surface area (Å²) in [4.78, 5) is 80.9. The highest BCUT2D eigenvalue weighted by Crippen LogP contribution is 2.44. The molecule has 0 fully saturated rings. The standard InChI is InChI=1S/C28H36N4O8.C14H8O2/c1-27(2,3)39-25(37)31(13-11-29)15-7-8-16(32(14-12-30)26(38)40-28(4,5)6)20-19(15)23(35)21-17(33)9-10-18(34)22(21)24(20)36;15-13-9-5-1-2-6-10(9)14(16)12-8-4-3-7-11(12)13/h7-10,33-34H,11-14,29-30H2,1-6H3;1-8H. The summed E-state index contributed by atoms with van der Waals surface area (Å²) in [5.74, 6) is -2.91. The van der Waals surface area contributed by atoms with E-state index in [1.165, 1.54) is 12.1 Å². The number of amides is 2. The minimum absolute atomic E-state index is 0.0161. The molecular weight excluding hydrogens is 720 g/mol. The molecule has 2 amide bonds. The lowest BCUT2D eigenvalue weighted by Crippen LogP contribution is -2.43. The van der Waals surface area contributed by atoms with E-state index >= 15 is 0 Å². The molecule has 0 saturated heterocycles. The van der Waals surface area contributed by atoms with Gasteiger partial charge in [-0.15, -0.1) is 0 Å². The quantitative estimate of drug-likeness (QED) is 0.149. The third-order valence-electron chi connectivity index (χ3n) is 8.58. The monoisotopic (exact) mass is 764 g/mol. The van der Waals surface area contributed by atoms with Crippen LogP contribution in [0.5, 0.6) is 11.5 Å². The number of phenolic OH excluding ortho intramolecular Hbond substituents is 2. The lowest BCUT2D eigenvalue weighted by atomic mass is 9.81. The number of hydrogen-bond donors (Lipinski definition) is 4. The molecule has 2 aliphatic rings. The molecule has 4 aromatic rings. The second-order valence-corrected chi connectivity index (χ2v) is 15.0. The molecule has 0 spiro atoms. The Morgan fingerprint density at radius 1 is 0.518 bits per heavy atom. The zero-order chi connectivity index (χ0) is 41.3. The number of benzene rings is 4. The number of phenols is 2. The number of carbonyl (C=O) groups excluding carboxylic acids is 6. The largest absolute Gasteiger partial charge is 0.507 e. The van der Waals surface area contributed by atoms with Crippen molar-refractivity contribution >= 4 is 46.7 Å². The first-order chi connectivity index (χ1) is 26.3. The fourth-order valence-corrected chi connectivity index (χ4v) is 6.34. The van der Waals surface area contributed by atoms with E-state index in [2.05, 4.69) is 0 Å². The molecule has 4 aromatic carbocycles. The van der Waals surface area contributed by atoms with Crippen LogP contribution in [0.2, 0.25) is 0 Å². The van der Waals surface area contributed by atoms with Crippen LogP contribution in [0.25, 0.3) is 0 Å². The van der Waals surface area contributed by atoms with Gasteiger partial charge in [0.2, 0.25) is 11.6 Å². The molecule has 0 aromatic heterocycles. The Hall–Kier alpha value is -6.38. The van der Waals surface area contributed by atoms with Gasteiger partial charge in [-0.05, 0) is 65.8 Å². The minimum atomic E-state index is -0.894. The van der Waals surface area contributed by atoms with E-state index in [9.17, 15) is 39.0 Å². The van der Waals surface area contributed by atoms with Crippen molar-refractivity contribution in [3.05, 3.63) is 117 Å². The molecule has 2 aliphatic carbocycles. The van der Waals surface area contributed by atoms with Crippen molar-refractivity contribution in [2.45, 2.75) is 52.7 Å². The van der Waals surface area contributed by atoms with Crippen LogP contribution in [0, 0.1) is 0 Å². The first-order valence-corrected chi connectivity index (χ1v) is 17.8. The number of hydrogen-bond acceptors (Lipinski definition) is 12. The predicted molar refractivity (Wildman–Crippen MR) is 208 cm³/mol. The zero-order valence-corrected chi connectivity index (χ0v) is 32.0.